The van der Waals surface area contributed by atoms with Crippen molar-refractivity contribution in [1.29, 1.82) is 0 Å². The summed E-state index contributed by atoms with van der Waals surface area (Å²) in [6.45, 7) is 22.0. The number of benzene rings is 3. The quantitative estimate of drug-likeness (QED) is 0.217. The SMILES string of the molecule is CC(C)(C)[Si](C)(C)Oc1cccc(P(=O)(c2ccc(F)cc2)c2cccc(O[Si](C)(C)C(C)(C)C)c2)c1. The van der Waals surface area contributed by atoms with E-state index in [4.69, 9.17) is 8.85 Å². The van der Waals surface area contributed by atoms with Crippen molar-refractivity contribution in [3.05, 3.63) is 78.6 Å². The molecule has 200 valence electrons. The molecule has 0 fully saturated rings. The minimum absolute atomic E-state index is 0.0269. The van der Waals surface area contributed by atoms with Gasteiger partial charge in [-0.15, -0.1) is 0 Å². The average molecular weight is 557 g/mol. The first kappa shape index (κ1) is 29.4. The Bertz CT molecular complexity index is 1210. The minimum atomic E-state index is -3.36. The molecule has 0 aliphatic rings. The molecule has 0 spiro atoms. The van der Waals surface area contributed by atoms with E-state index in [2.05, 4.69) is 67.7 Å². The smallest absolute Gasteiger partial charge is 0.250 e. The van der Waals surface area contributed by atoms with Crippen LogP contribution in [0.15, 0.2) is 72.8 Å². The third-order valence-corrected chi connectivity index (χ3v) is 19.7. The normalized spacial score (nSPS) is 13.4. The van der Waals surface area contributed by atoms with E-state index in [0.29, 0.717) is 27.4 Å². The summed E-state index contributed by atoms with van der Waals surface area (Å²) in [5.41, 5.74) is 0. The fraction of sp³-hybridized carbons (Fsp3) is 0.400. The summed E-state index contributed by atoms with van der Waals surface area (Å²) in [4.78, 5) is 0. The van der Waals surface area contributed by atoms with Crippen molar-refractivity contribution >= 4 is 39.7 Å². The summed E-state index contributed by atoms with van der Waals surface area (Å²) in [5, 5.41) is 1.93. The van der Waals surface area contributed by atoms with Gasteiger partial charge in [0.15, 0.2) is 7.14 Å². The Kier molecular flexibility index (Phi) is 8.11. The van der Waals surface area contributed by atoms with Gasteiger partial charge in [-0.1, -0.05) is 65.8 Å². The second-order valence-electron chi connectivity index (χ2n) is 12.8. The van der Waals surface area contributed by atoms with Gasteiger partial charge in [0.05, 0.1) is 0 Å². The van der Waals surface area contributed by atoms with E-state index in [1.807, 2.05) is 48.5 Å². The highest BCUT2D eigenvalue weighted by Crippen LogP contribution is 2.45. The van der Waals surface area contributed by atoms with Crippen molar-refractivity contribution in [2.75, 3.05) is 0 Å². The van der Waals surface area contributed by atoms with Crippen LogP contribution in [0.1, 0.15) is 41.5 Å². The Morgan fingerprint density at radius 1 is 0.622 bits per heavy atom. The molecule has 7 heteroatoms. The van der Waals surface area contributed by atoms with Gasteiger partial charge in [0.2, 0.25) is 16.6 Å². The Balaban J connectivity index is 2.16. The molecule has 0 radical (unpaired) electrons. The van der Waals surface area contributed by atoms with Crippen molar-refractivity contribution in [2.24, 2.45) is 0 Å². The molecule has 37 heavy (non-hydrogen) atoms. The molecule has 0 atom stereocenters. The molecule has 3 nitrogen and oxygen atoms in total. The summed E-state index contributed by atoms with van der Waals surface area (Å²) in [6.07, 6.45) is 0. The first-order valence-corrected chi connectivity index (χ1v) is 20.3. The fourth-order valence-electron chi connectivity index (χ4n) is 3.48. The highest BCUT2D eigenvalue weighted by Gasteiger charge is 2.40. The van der Waals surface area contributed by atoms with Crippen LogP contribution in [0.25, 0.3) is 0 Å². The van der Waals surface area contributed by atoms with Crippen LogP contribution in [0.5, 0.6) is 11.5 Å². The van der Waals surface area contributed by atoms with Crippen LogP contribution < -0.4 is 24.8 Å². The molecule has 0 aromatic heterocycles. The summed E-state index contributed by atoms with van der Waals surface area (Å²) in [5.74, 6) is 1.06. The molecule has 3 rings (SSSR count). The van der Waals surface area contributed by atoms with Crippen LogP contribution in [0, 0.1) is 5.82 Å². The lowest BCUT2D eigenvalue weighted by Gasteiger charge is -2.37. The summed E-state index contributed by atoms with van der Waals surface area (Å²) < 4.78 is 42.1. The molecule has 0 saturated carbocycles. The second kappa shape index (κ2) is 10.2. The van der Waals surface area contributed by atoms with Gasteiger partial charge < -0.3 is 13.4 Å². The average Bonchev–Trinajstić information content (AvgIpc) is 2.77. The Morgan fingerprint density at radius 3 is 1.35 bits per heavy atom. The minimum Gasteiger partial charge on any atom is -0.543 e. The number of hydrogen-bond donors (Lipinski definition) is 0. The molecular formula is C30H42FO3PSi2. The van der Waals surface area contributed by atoms with E-state index < -0.39 is 23.8 Å². The summed E-state index contributed by atoms with van der Waals surface area (Å²) in [7, 11) is -7.56. The van der Waals surface area contributed by atoms with E-state index >= 15 is 4.57 Å². The monoisotopic (exact) mass is 556 g/mol. The van der Waals surface area contributed by atoms with E-state index in [0.717, 1.165) is 0 Å². The van der Waals surface area contributed by atoms with Crippen LogP contribution in [0.2, 0.25) is 36.3 Å². The molecule has 0 saturated heterocycles. The third kappa shape index (κ3) is 6.30. The van der Waals surface area contributed by atoms with E-state index in [-0.39, 0.29) is 15.9 Å². The van der Waals surface area contributed by atoms with E-state index in [1.54, 1.807) is 12.1 Å². The number of hydrogen-bond acceptors (Lipinski definition) is 3. The van der Waals surface area contributed by atoms with Gasteiger partial charge in [0, 0.05) is 15.9 Å². The van der Waals surface area contributed by atoms with Crippen molar-refractivity contribution in [2.45, 2.75) is 77.8 Å². The van der Waals surface area contributed by atoms with Crippen molar-refractivity contribution in [3.63, 3.8) is 0 Å². The predicted molar refractivity (Wildman–Crippen MR) is 161 cm³/mol. The maximum Gasteiger partial charge on any atom is 0.250 e. The molecule has 3 aromatic rings. The number of halogens is 1. The first-order valence-electron chi connectivity index (χ1n) is 12.8. The largest absolute Gasteiger partial charge is 0.543 e. The maximum atomic E-state index is 15.1. The topological polar surface area (TPSA) is 35.5 Å². The van der Waals surface area contributed by atoms with E-state index in [1.165, 1.54) is 12.1 Å². The molecular weight excluding hydrogens is 514 g/mol. The molecule has 0 aliphatic heterocycles. The highest BCUT2D eigenvalue weighted by molar-refractivity contribution is 7.85. The molecule has 0 amide bonds. The predicted octanol–water partition coefficient (Wildman–Crippen LogP) is 8.23. The summed E-state index contributed by atoms with van der Waals surface area (Å²) >= 11 is 0. The van der Waals surface area contributed by atoms with Crippen LogP contribution in [-0.4, -0.2) is 16.6 Å². The van der Waals surface area contributed by atoms with Crippen LogP contribution in [-0.2, 0) is 4.57 Å². The standard InChI is InChI=1S/C30H42FO3PSi2/c1-29(2,3)36(7,8)33-24-13-11-15-27(21-24)35(32,26-19-17-23(31)18-20-26)28-16-12-14-25(22-28)34-37(9,10)30(4,5)6/h11-22H,1-10H3. The first-order chi connectivity index (χ1) is 16.9. The highest BCUT2D eigenvalue weighted by atomic mass is 31.2. The van der Waals surface area contributed by atoms with Gasteiger partial charge in [-0.05, 0) is 84.8 Å². The molecule has 0 aliphatic carbocycles. The molecule has 3 aromatic carbocycles. The Morgan fingerprint density at radius 2 is 1.00 bits per heavy atom. The second-order valence-corrected chi connectivity index (χ2v) is 25.0. The maximum absolute atomic E-state index is 15.1. The van der Waals surface area contributed by atoms with Crippen LogP contribution in [0.4, 0.5) is 4.39 Å². The molecule has 0 N–H and O–H groups in total. The lowest BCUT2D eigenvalue weighted by atomic mass is 10.2. The van der Waals surface area contributed by atoms with Crippen LogP contribution >= 0.6 is 7.14 Å². The Labute approximate surface area is 225 Å². The van der Waals surface area contributed by atoms with Gasteiger partial charge in [-0.25, -0.2) is 4.39 Å². The van der Waals surface area contributed by atoms with Crippen molar-refractivity contribution in [3.8, 4) is 11.5 Å². The zero-order chi connectivity index (χ0) is 27.9. The van der Waals surface area contributed by atoms with E-state index in [9.17, 15) is 4.39 Å². The van der Waals surface area contributed by atoms with Gasteiger partial charge in [0.25, 0.3) is 0 Å². The van der Waals surface area contributed by atoms with Crippen molar-refractivity contribution in [1.82, 2.24) is 0 Å². The molecule has 0 bridgehead atoms. The van der Waals surface area contributed by atoms with Crippen LogP contribution in [0.3, 0.4) is 0 Å². The van der Waals surface area contributed by atoms with Gasteiger partial charge in [0.1, 0.15) is 17.3 Å². The van der Waals surface area contributed by atoms with Gasteiger partial charge in [-0.2, -0.15) is 0 Å². The lowest BCUT2D eigenvalue weighted by Crippen LogP contribution is -2.44. The third-order valence-electron chi connectivity index (χ3n) is 7.91. The lowest BCUT2D eigenvalue weighted by molar-refractivity contribution is 0.492. The Hall–Kier alpha value is -2.15. The van der Waals surface area contributed by atoms with Gasteiger partial charge >= 0.3 is 0 Å². The van der Waals surface area contributed by atoms with Gasteiger partial charge in [-0.3, -0.25) is 0 Å². The molecule has 0 heterocycles. The number of rotatable bonds is 7. The molecule has 0 unspecified atom stereocenters. The summed E-state index contributed by atoms with van der Waals surface area (Å²) in [6, 6.07) is 21.2. The zero-order valence-electron chi connectivity index (χ0n) is 24.0. The fourth-order valence-corrected chi connectivity index (χ4v) is 8.20. The zero-order valence-corrected chi connectivity index (χ0v) is 26.9. The van der Waals surface area contributed by atoms with Crippen molar-refractivity contribution < 1.29 is 17.8 Å².